The van der Waals surface area contributed by atoms with E-state index in [-0.39, 0.29) is 17.6 Å². The Morgan fingerprint density at radius 2 is 1.79 bits per heavy atom. The number of rotatable bonds is 4. The molecule has 4 aromatic rings. The fraction of sp³-hybridized carbons (Fsp3) is 0.366. The molecule has 1 saturated carbocycles. The molecule has 0 aromatic heterocycles. The third kappa shape index (κ3) is 5.72. The van der Waals surface area contributed by atoms with Gasteiger partial charge in [-0.05, 0) is 110 Å². The first-order valence-corrected chi connectivity index (χ1v) is 17.0. The molecule has 1 aliphatic heterocycles. The highest BCUT2D eigenvalue weighted by atomic mass is 19.2. The molecular formula is C41H41F2NO4. The minimum atomic E-state index is -1.08. The highest BCUT2D eigenvalue weighted by molar-refractivity contribution is 6.10. The SMILES string of the molecule is CC1=CCCC2(C)C(CCC23CN(Cc2cccc4ccccc24)C(=O)O3)c2ccc(cc2C(=O)c2ccc(F)c(F)c2)CC(O)CC1. The predicted octanol–water partition coefficient (Wildman–Crippen LogP) is 9.05. The Morgan fingerprint density at radius 3 is 2.62 bits per heavy atom. The highest BCUT2D eigenvalue weighted by Gasteiger charge is 2.64. The summed E-state index contributed by atoms with van der Waals surface area (Å²) >= 11 is 0. The number of nitrogens with zero attached hydrogens (tertiary/aromatic N) is 1. The van der Waals surface area contributed by atoms with Crippen LogP contribution in [0, 0.1) is 17.0 Å². The number of allylic oxidation sites excluding steroid dienone is 2. The topological polar surface area (TPSA) is 66.8 Å². The largest absolute Gasteiger partial charge is 0.440 e. The van der Waals surface area contributed by atoms with Gasteiger partial charge in [-0.3, -0.25) is 9.69 Å². The normalized spacial score (nSPS) is 26.0. The van der Waals surface area contributed by atoms with E-state index in [4.69, 9.17) is 4.74 Å². The summed E-state index contributed by atoms with van der Waals surface area (Å²) in [7, 11) is 0. The number of aliphatic hydroxyl groups is 1. The average molecular weight is 650 g/mol. The van der Waals surface area contributed by atoms with Crippen LogP contribution in [0.5, 0.6) is 0 Å². The van der Waals surface area contributed by atoms with Gasteiger partial charge in [0.1, 0.15) is 5.60 Å². The van der Waals surface area contributed by atoms with Crippen molar-refractivity contribution < 1.29 is 28.2 Å². The lowest BCUT2D eigenvalue weighted by atomic mass is 9.64. The second-order valence-corrected chi connectivity index (χ2v) is 14.2. The number of fused-ring (bicyclic) bond motifs is 9. The monoisotopic (exact) mass is 649 g/mol. The maximum Gasteiger partial charge on any atom is 0.410 e. The van der Waals surface area contributed by atoms with Crippen molar-refractivity contribution in [3.05, 3.63) is 130 Å². The maximum atomic E-state index is 14.4. The molecule has 7 heteroatoms. The van der Waals surface area contributed by atoms with Crippen LogP contribution < -0.4 is 0 Å². The van der Waals surface area contributed by atoms with Crippen LogP contribution in [0.25, 0.3) is 10.8 Å². The number of aliphatic hydroxyl groups excluding tert-OH is 1. The van der Waals surface area contributed by atoms with Gasteiger partial charge in [0.2, 0.25) is 0 Å². The quantitative estimate of drug-likeness (QED) is 0.177. The summed E-state index contributed by atoms with van der Waals surface area (Å²) in [5.74, 6) is -2.63. The standard InChI is InChI=1S/C41H41F2NO4/c1-26-7-6-19-40(2)35(18-20-41(40)25-44(39(47)48-41)24-30-10-5-9-28-8-3-4-11-32(28)30)33-16-13-27(21-31(45)15-12-26)22-34(33)38(46)29-14-17-36(42)37(43)23-29/h3-5,7-11,13-14,16-17,22-23,31,35,45H,6,12,15,18-21,24-25H2,1-2H3. The van der Waals surface area contributed by atoms with Crippen LogP contribution in [-0.2, 0) is 17.7 Å². The molecule has 48 heavy (non-hydrogen) atoms. The van der Waals surface area contributed by atoms with Crippen molar-refractivity contribution in [1.29, 1.82) is 0 Å². The molecule has 1 N–H and O–H groups in total. The van der Waals surface area contributed by atoms with Crippen LogP contribution >= 0.6 is 0 Å². The van der Waals surface area contributed by atoms with Crippen LogP contribution in [0.3, 0.4) is 0 Å². The smallest absolute Gasteiger partial charge is 0.410 e. The number of hydrogen-bond acceptors (Lipinski definition) is 4. The summed E-state index contributed by atoms with van der Waals surface area (Å²) in [5, 5.41) is 13.1. The minimum Gasteiger partial charge on any atom is -0.440 e. The highest BCUT2D eigenvalue weighted by Crippen LogP contribution is 2.62. The van der Waals surface area contributed by atoms with E-state index in [0.717, 1.165) is 52.4 Å². The van der Waals surface area contributed by atoms with Gasteiger partial charge in [-0.2, -0.15) is 0 Å². The second-order valence-electron chi connectivity index (χ2n) is 14.2. The van der Waals surface area contributed by atoms with Crippen LogP contribution in [-0.4, -0.2) is 40.1 Å². The van der Waals surface area contributed by atoms with E-state index in [2.05, 4.69) is 44.2 Å². The van der Waals surface area contributed by atoms with Gasteiger partial charge in [-0.25, -0.2) is 13.6 Å². The minimum absolute atomic E-state index is 0.0653. The molecule has 248 valence electrons. The van der Waals surface area contributed by atoms with Crippen molar-refractivity contribution in [1.82, 2.24) is 4.90 Å². The fourth-order valence-corrected chi connectivity index (χ4v) is 8.53. The molecule has 4 unspecified atom stereocenters. The number of benzene rings is 4. The number of ether oxygens (including phenoxy) is 1. The fourth-order valence-electron chi connectivity index (χ4n) is 8.53. The van der Waals surface area contributed by atoms with Crippen molar-refractivity contribution >= 4 is 22.6 Å². The lowest BCUT2D eigenvalue weighted by Crippen LogP contribution is -2.48. The molecule has 2 bridgehead atoms. The van der Waals surface area contributed by atoms with Gasteiger partial charge < -0.3 is 9.84 Å². The molecule has 1 saturated heterocycles. The molecule has 1 spiro atoms. The number of halogens is 2. The molecule has 3 aliphatic carbocycles. The number of carbonyl (C=O) groups is 2. The Labute approximate surface area is 280 Å². The lowest BCUT2D eigenvalue weighted by Gasteiger charge is -2.43. The van der Waals surface area contributed by atoms with E-state index in [1.165, 1.54) is 11.6 Å². The Hall–Kier alpha value is -4.36. The molecule has 0 radical (unpaired) electrons. The first-order chi connectivity index (χ1) is 23.1. The average Bonchev–Trinajstić information content (AvgIpc) is 3.54. The van der Waals surface area contributed by atoms with Gasteiger partial charge in [0.05, 0.1) is 12.6 Å². The molecule has 4 aromatic carbocycles. The van der Waals surface area contributed by atoms with Gasteiger partial charge >= 0.3 is 6.09 Å². The number of ketones is 1. The molecular weight excluding hydrogens is 608 g/mol. The van der Waals surface area contributed by atoms with Gasteiger partial charge in [0.25, 0.3) is 0 Å². The van der Waals surface area contributed by atoms with Gasteiger partial charge in [-0.15, -0.1) is 0 Å². The van der Waals surface area contributed by atoms with E-state index >= 15 is 0 Å². The number of amides is 1. The Kier molecular flexibility index (Phi) is 8.44. The molecule has 5 nitrogen and oxygen atoms in total. The van der Waals surface area contributed by atoms with Crippen LogP contribution in [0.1, 0.15) is 90.9 Å². The number of hydrogen-bond donors (Lipinski definition) is 1. The van der Waals surface area contributed by atoms with Crippen molar-refractivity contribution in [3.63, 3.8) is 0 Å². The predicted molar refractivity (Wildman–Crippen MR) is 182 cm³/mol. The van der Waals surface area contributed by atoms with Crippen LogP contribution in [0.4, 0.5) is 13.6 Å². The second kappa shape index (κ2) is 12.6. The van der Waals surface area contributed by atoms with Gasteiger partial charge in [-0.1, -0.05) is 73.2 Å². The van der Waals surface area contributed by atoms with Crippen molar-refractivity contribution in [2.24, 2.45) is 5.41 Å². The summed E-state index contributed by atoms with van der Waals surface area (Å²) < 4.78 is 34.7. The first kappa shape index (κ1) is 32.2. The Bertz CT molecular complexity index is 1930. The molecule has 1 heterocycles. The third-order valence-electron chi connectivity index (χ3n) is 11.3. The van der Waals surface area contributed by atoms with E-state index in [1.54, 1.807) is 0 Å². The molecule has 8 rings (SSSR count). The zero-order valence-corrected chi connectivity index (χ0v) is 27.5. The summed E-state index contributed by atoms with van der Waals surface area (Å²) in [6.45, 7) is 5.15. The molecule has 1 amide bonds. The van der Waals surface area contributed by atoms with Crippen LogP contribution in [0.2, 0.25) is 0 Å². The van der Waals surface area contributed by atoms with Gasteiger partial charge in [0, 0.05) is 23.1 Å². The zero-order valence-electron chi connectivity index (χ0n) is 27.5. The van der Waals surface area contributed by atoms with Gasteiger partial charge in [0.15, 0.2) is 17.4 Å². The van der Waals surface area contributed by atoms with Crippen molar-refractivity contribution in [3.8, 4) is 0 Å². The van der Waals surface area contributed by atoms with E-state index in [9.17, 15) is 23.5 Å². The lowest BCUT2D eigenvalue weighted by molar-refractivity contribution is -0.0373. The summed E-state index contributed by atoms with van der Waals surface area (Å²) in [6, 6.07) is 23.3. The Balaban J connectivity index is 1.30. The molecule has 4 aliphatic rings. The summed E-state index contributed by atoms with van der Waals surface area (Å²) in [6.07, 6.45) is 5.81. The van der Waals surface area contributed by atoms with E-state index < -0.39 is 34.5 Å². The number of carbonyl (C=O) groups excluding carboxylic acids is 2. The van der Waals surface area contributed by atoms with E-state index in [1.807, 2.05) is 41.3 Å². The summed E-state index contributed by atoms with van der Waals surface area (Å²) in [4.78, 5) is 29.7. The van der Waals surface area contributed by atoms with E-state index in [0.29, 0.717) is 50.8 Å². The van der Waals surface area contributed by atoms with Crippen molar-refractivity contribution in [2.75, 3.05) is 6.54 Å². The third-order valence-corrected chi connectivity index (χ3v) is 11.3. The summed E-state index contributed by atoms with van der Waals surface area (Å²) in [5.41, 5.74) is 3.04. The maximum absolute atomic E-state index is 14.4. The molecule has 4 atom stereocenters. The zero-order chi connectivity index (χ0) is 33.6. The van der Waals surface area contributed by atoms with Crippen molar-refractivity contribution in [2.45, 2.75) is 83.0 Å². The molecule has 2 fully saturated rings. The van der Waals surface area contributed by atoms with Crippen LogP contribution in [0.15, 0.2) is 90.5 Å². The first-order valence-electron chi connectivity index (χ1n) is 17.0. The Morgan fingerprint density at radius 1 is 0.979 bits per heavy atom.